The molecule has 9 rings (SSSR count). The summed E-state index contributed by atoms with van der Waals surface area (Å²) in [6, 6.07) is 42.5. The van der Waals surface area contributed by atoms with Crippen LogP contribution in [-0.4, -0.2) is 18.3 Å². The highest BCUT2D eigenvalue weighted by atomic mass is 32.1. The monoisotopic (exact) mass is 642 g/mol. The minimum absolute atomic E-state index is 0.163. The molecule has 48 heavy (non-hydrogen) atoms. The Morgan fingerprint density at radius 2 is 1.15 bits per heavy atom. The molecule has 236 valence electrons. The largest absolute Gasteiger partial charge is 0.496 e. The Kier molecular flexibility index (Phi) is 6.47. The third-order valence-electron chi connectivity index (χ3n) is 11.6. The molecule has 0 saturated carbocycles. The van der Waals surface area contributed by atoms with Gasteiger partial charge in [0.05, 0.1) is 16.6 Å². The third kappa shape index (κ3) is 4.06. The minimum atomic E-state index is -0.391. The highest BCUT2D eigenvalue weighted by Gasteiger charge is 2.52. The van der Waals surface area contributed by atoms with Gasteiger partial charge in [-0.3, -0.25) is 0 Å². The second-order valence-electron chi connectivity index (χ2n) is 14.9. The molecule has 0 spiro atoms. The van der Waals surface area contributed by atoms with Crippen molar-refractivity contribution in [2.45, 2.75) is 63.1 Å². The highest BCUT2D eigenvalue weighted by molar-refractivity contribution is 7.27. The molecule has 1 fully saturated rings. The Hall–Kier alpha value is -4.22. The van der Waals surface area contributed by atoms with Crippen LogP contribution >= 0.6 is 11.3 Å². The lowest BCUT2D eigenvalue weighted by atomic mass is 9.64. The van der Waals surface area contributed by atoms with Crippen molar-refractivity contribution < 1.29 is 9.31 Å². The average Bonchev–Trinajstić information content (AvgIpc) is 3.70. The zero-order chi connectivity index (χ0) is 32.9. The van der Waals surface area contributed by atoms with Crippen molar-refractivity contribution in [3.63, 3.8) is 0 Å². The first-order valence-corrected chi connectivity index (χ1v) is 17.9. The molecule has 0 radical (unpaired) electrons. The molecule has 1 aromatic heterocycles. The van der Waals surface area contributed by atoms with Crippen LogP contribution in [0.25, 0.3) is 31.3 Å². The van der Waals surface area contributed by atoms with Crippen molar-refractivity contribution in [1.82, 2.24) is 0 Å². The summed E-state index contributed by atoms with van der Waals surface area (Å²) in [7, 11) is -0.391. The van der Waals surface area contributed by atoms with Crippen LogP contribution in [0.15, 0.2) is 139 Å². The lowest BCUT2D eigenvalue weighted by molar-refractivity contribution is 0.00578. The molecule has 0 amide bonds. The van der Waals surface area contributed by atoms with Gasteiger partial charge in [-0.25, -0.2) is 0 Å². The fourth-order valence-corrected chi connectivity index (χ4v) is 9.84. The van der Waals surface area contributed by atoms with Crippen molar-refractivity contribution in [3.8, 4) is 11.1 Å². The molecule has 3 aliphatic rings. The molecule has 2 nitrogen and oxygen atoms in total. The zero-order valence-electron chi connectivity index (χ0n) is 28.2. The lowest BCUT2D eigenvalue weighted by Gasteiger charge is -2.38. The molecular formula is C44H39BO2S. The van der Waals surface area contributed by atoms with Crippen LogP contribution in [0.2, 0.25) is 0 Å². The Balaban J connectivity index is 1.17. The maximum atomic E-state index is 6.54. The van der Waals surface area contributed by atoms with Crippen LogP contribution in [0, 0.1) is 0 Å². The van der Waals surface area contributed by atoms with E-state index >= 15 is 0 Å². The summed E-state index contributed by atoms with van der Waals surface area (Å²) in [5.41, 5.74) is 9.21. The average molecular weight is 643 g/mol. The van der Waals surface area contributed by atoms with Gasteiger partial charge in [0.15, 0.2) is 0 Å². The third-order valence-corrected chi connectivity index (χ3v) is 12.9. The van der Waals surface area contributed by atoms with E-state index in [0.29, 0.717) is 0 Å². The minimum Gasteiger partial charge on any atom is -0.399 e. The van der Waals surface area contributed by atoms with Crippen LogP contribution in [0.5, 0.6) is 0 Å². The van der Waals surface area contributed by atoms with Crippen molar-refractivity contribution in [3.05, 3.63) is 161 Å². The molecule has 1 unspecified atom stereocenters. The molecule has 6 aromatic rings. The van der Waals surface area contributed by atoms with E-state index in [1.807, 2.05) is 11.3 Å². The van der Waals surface area contributed by atoms with Crippen molar-refractivity contribution in [2.75, 3.05) is 0 Å². The Morgan fingerprint density at radius 1 is 0.583 bits per heavy atom. The van der Waals surface area contributed by atoms with Gasteiger partial charge >= 0.3 is 7.12 Å². The van der Waals surface area contributed by atoms with Crippen LogP contribution in [0.3, 0.4) is 0 Å². The van der Waals surface area contributed by atoms with E-state index in [4.69, 9.17) is 9.31 Å². The van der Waals surface area contributed by atoms with Gasteiger partial charge in [0, 0.05) is 25.7 Å². The molecule has 4 heteroatoms. The molecule has 1 aliphatic heterocycles. The first kappa shape index (κ1) is 29.9. The Bertz CT molecular complexity index is 2250. The van der Waals surface area contributed by atoms with Gasteiger partial charge in [-0.15, -0.1) is 11.3 Å². The Labute approximate surface area is 287 Å². The predicted molar refractivity (Wildman–Crippen MR) is 202 cm³/mol. The van der Waals surface area contributed by atoms with E-state index in [-0.39, 0.29) is 22.0 Å². The van der Waals surface area contributed by atoms with Crippen molar-refractivity contribution in [1.29, 1.82) is 0 Å². The van der Waals surface area contributed by atoms with Gasteiger partial charge in [-0.2, -0.15) is 0 Å². The fourth-order valence-electron chi connectivity index (χ4n) is 8.37. The van der Waals surface area contributed by atoms with Crippen LogP contribution in [0.1, 0.15) is 63.3 Å². The molecule has 5 aromatic carbocycles. The summed E-state index contributed by atoms with van der Waals surface area (Å²) >= 11 is 1.88. The van der Waals surface area contributed by atoms with Crippen molar-refractivity contribution in [2.24, 2.45) is 0 Å². The zero-order valence-corrected chi connectivity index (χ0v) is 29.0. The number of thiophene rings is 1. The predicted octanol–water partition coefficient (Wildman–Crippen LogP) is 10.5. The summed E-state index contributed by atoms with van der Waals surface area (Å²) in [6.45, 7) is 10.9. The van der Waals surface area contributed by atoms with Gasteiger partial charge in [-0.1, -0.05) is 140 Å². The van der Waals surface area contributed by atoms with E-state index in [1.165, 1.54) is 59.1 Å². The molecule has 2 heterocycles. The molecule has 2 aliphatic carbocycles. The van der Waals surface area contributed by atoms with E-state index in [0.717, 1.165) is 11.9 Å². The fraction of sp³-hybridized carbons (Fsp3) is 0.227. The van der Waals surface area contributed by atoms with Crippen LogP contribution < -0.4 is 5.46 Å². The summed E-state index contributed by atoms with van der Waals surface area (Å²) in [6.07, 6.45) is 8.34. The maximum Gasteiger partial charge on any atom is 0.496 e. The van der Waals surface area contributed by atoms with Crippen LogP contribution in [-0.2, 0) is 20.1 Å². The summed E-state index contributed by atoms with van der Waals surface area (Å²) in [5, 5.41) is 2.57. The second kappa shape index (κ2) is 10.4. The topological polar surface area (TPSA) is 18.5 Å². The molecule has 0 N–H and O–H groups in total. The molecule has 1 saturated heterocycles. The SMILES string of the molecule is CC1(c2cccc3c2sc2c(B4OC(C)(C)C(C)(C)O4)cccc23)C=CC(C2(c3ccccc3)c3ccccc3-c3ccccc32)=CC1. The highest BCUT2D eigenvalue weighted by Crippen LogP contribution is 2.58. The number of benzene rings is 5. The summed E-state index contributed by atoms with van der Waals surface area (Å²) in [5.74, 6) is 0. The maximum absolute atomic E-state index is 6.54. The normalized spacial score (nSPS) is 21.8. The molecule has 0 bridgehead atoms. The van der Waals surface area contributed by atoms with Gasteiger partial charge in [0.2, 0.25) is 0 Å². The van der Waals surface area contributed by atoms with E-state index in [2.05, 4.69) is 168 Å². The number of hydrogen-bond donors (Lipinski definition) is 0. The number of allylic oxidation sites excluding steroid dienone is 4. The van der Waals surface area contributed by atoms with E-state index < -0.39 is 7.12 Å². The van der Waals surface area contributed by atoms with Gasteiger partial charge < -0.3 is 9.31 Å². The quantitative estimate of drug-likeness (QED) is 0.178. The first-order chi connectivity index (χ1) is 23.1. The van der Waals surface area contributed by atoms with E-state index in [9.17, 15) is 0 Å². The number of hydrogen-bond acceptors (Lipinski definition) is 3. The van der Waals surface area contributed by atoms with Gasteiger partial charge in [0.1, 0.15) is 0 Å². The lowest BCUT2D eigenvalue weighted by Crippen LogP contribution is -2.41. The number of fused-ring (bicyclic) bond motifs is 6. The summed E-state index contributed by atoms with van der Waals surface area (Å²) < 4.78 is 15.7. The first-order valence-electron chi connectivity index (χ1n) is 17.1. The van der Waals surface area contributed by atoms with E-state index in [1.54, 1.807) is 0 Å². The second-order valence-corrected chi connectivity index (χ2v) is 15.9. The summed E-state index contributed by atoms with van der Waals surface area (Å²) in [4.78, 5) is 0. The van der Waals surface area contributed by atoms with Gasteiger partial charge in [0.25, 0.3) is 0 Å². The smallest absolute Gasteiger partial charge is 0.399 e. The standard InChI is InChI=1S/C44H39BO2S/c1-41(2)42(3,4)47-45(46-41)38-24-14-20-34-33-19-13-23-37(39(33)48-40(34)38)43(5)27-25-30(26-28-43)44(29-15-7-6-8-16-29)35-21-11-9-17-31(35)32-18-10-12-22-36(32)44/h6-27H,28H2,1-5H3. The molecule has 1 atom stereocenters. The Morgan fingerprint density at radius 3 is 1.77 bits per heavy atom. The number of rotatable bonds is 4. The van der Waals surface area contributed by atoms with Gasteiger partial charge in [-0.05, 0) is 78.5 Å². The van der Waals surface area contributed by atoms with Crippen LogP contribution in [0.4, 0.5) is 0 Å². The van der Waals surface area contributed by atoms with Crippen molar-refractivity contribution >= 4 is 44.1 Å². The molecular weight excluding hydrogens is 603 g/mol.